The van der Waals surface area contributed by atoms with Gasteiger partial charge in [0.15, 0.2) is 0 Å². The normalized spacial score (nSPS) is 17.9. The van der Waals surface area contributed by atoms with Gasteiger partial charge in [-0.15, -0.1) is 12.4 Å². The van der Waals surface area contributed by atoms with Gasteiger partial charge < -0.3 is 10.5 Å². The number of nitrogens with two attached hydrogens (primary N) is 1. The lowest BCUT2D eigenvalue weighted by Crippen LogP contribution is -2.24. The van der Waals surface area contributed by atoms with Gasteiger partial charge in [-0.05, 0) is 37.0 Å². The Morgan fingerprint density at radius 2 is 1.94 bits per heavy atom. The van der Waals surface area contributed by atoms with Crippen LogP contribution in [0.25, 0.3) is 0 Å². The zero-order chi connectivity index (χ0) is 12.3. The lowest BCUT2D eigenvalue weighted by atomic mass is 9.81. The Morgan fingerprint density at radius 3 is 2.56 bits per heavy atom. The Balaban J connectivity index is 0.00000162. The van der Waals surface area contributed by atoms with E-state index in [2.05, 4.69) is 22.0 Å². The molecule has 1 aromatic carbocycles. The summed E-state index contributed by atoms with van der Waals surface area (Å²) in [6.45, 7) is 0. The average Bonchev–Trinajstić information content (AvgIpc) is 2.39. The molecule has 2 nitrogen and oxygen atoms in total. The molecule has 1 atom stereocenters. The molecule has 0 heterocycles. The average molecular weight is 335 g/mol. The zero-order valence-electron chi connectivity index (χ0n) is 10.7. The van der Waals surface area contributed by atoms with Crippen molar-refractivity contribution in [1.82, 2.24) is 0 Å². The predicted molar refractivity (Wildman–Crippen MR) is 81.4 cm³/mol. The smallest absolute Gasteiger partial charge is 0.123 e. The quantitative estimate of drug-likeness (QED) is 0.885. The van der Waals surface area contributed by atoms with Crippen molar-refractivity contribution in [3.05, 3.63) is 28.2 Å². The van der Waals surface area contributed by atoms with Crippen molar-refractivity contribution in [2.24, 2.45) is 11.7 Å². The summed E-state index contributed by atoms with van der Waals surface area (Å²) < 4.78 is 6.48. The number of benzene rings is 1. The Morgan fingerprint density at radius 1 is 1.28 bits per heavy atom. The topological polar surface area (TPSA) is 35.2 Å². The fourth-order valence-corrected chi connectivity index (χ4v) is 3.09. The highest BCUT2D eigenvalue weighted by atomic mass is 79.9. The number of methoxy groups -OCH3 is 1. The third kappa shape index (κ3) is 3.62. The lowest BCUT2D eigenvalue weighted by molar-refractivity contribution is 0.301. The van der Waals surface area contributed by atoms with Crippen LogP contribution in [-0.4, -0.2) is 7.11 Å². The van der Waals surface area contributed by atoms with E-state index in [1.54, 1.807) is 7.11 Å². The molecule has 1 fully saturated rings. The summed E-state index contributed by atoms with van der Waals surface area (Å²) in [4.78, 5) is 0. The van der Waals surface area contributed by atoms with Gasteiger partial charge >= 0.3 is 0 Å². The molecule has 1 aliphatic carbocycles. The van der Waals surface area contributed by atoms with Crippen molar-refractivity contribution in [2.45, 2.75) is 38.1 Å². The van der Waals surface area contributed by atoms with Crippen LogP contribution in [-0.2, 0) is 0 Å². The van der Waals surface area contributed by atoms with Crippen LogP contribution in [0.1, 0.15) is 43.7 Å². The van der Waals surface area contributed by atoms with E-state index in [0.29, 0.717) is 5.92 Å². The minimum absolute atomic E-state index is 0. The molecule has 4 heteroatoms. The van der Waals surface area contributed by atoms with Crippen molar-refractivity contribution in [3.8, 4) is 5.75 Å². The van der Waals surface area contributed by atoms with Gasteiger partial charge in [-0.2, -0.15) is 0 Å². The van der Waals surface area contributed by atoms with Crippen LogP contribution in [0.15, 0.2) is 22.7 Å². The molecular weight excluding hydrogens is 314 g/mol. The molecule has 18 heavy (non-hydrogen) atoms. The Labute approximate surface area is 124 Å². The van der Waals surface area contributed by atoms with E-state index in [0.717, 1.165) is 15.8 Å². The summed E-state index contributed by atoms with van der Waals surface area (Å²) in [7, 11) is 1.71. The molecule has 0 aromatic heterocycles. The third-order valence-electron chi connectivity index (χ3n) is 3.71. The SMILES string of the molecule is COc1ccc(Br)cc1[C@H](N)C1CCCCC1.Cl. The molecule has 102 valence electrons. The molecule has 2 N–H and O–H groups in total. The van der Waals surface area contributed by atoms with Gasteiger partial charge in [0.05, 0.1) is 7.11 Å². The molecule has 1 saturated carbocycles. The maximum atomic E-state index is 6.41. The Kier molecular flexibility index (Phi) is 6.47. The van der Waals surface area contributed by atoms with E-state index in [4.69, 9.17) is 10.5 Å². The monoisotopic (exact) mass is 333 g/mol. The number of rotatable bonds is 3. The maximum Gasteiger partial charge on any atom is 0.123 e. The number of hydrogen-bond acceptors (Lipinski definition) is 2. The van der Waals surface area contributed by atoms with Crippen LogP contribution in [0, 0.1) is 5.92 Å². The van der Waals surface area contributed by atoms with Gasteiger partial charge in [-0.25, -0.2) is 0 Å². The molecule has 0 aliphatic heterocycles. The van der Waals surface area contributed by atoms with Gasteiger partial charge in [0, 0.05) is 16.1 Å². The summed E-state index contributed by atoms with van der Waals surface area (Å²) in [6, 6.07) is 6.18. The van der Waals surface area contributed by atoms with E-state index in [9.17, 15) is 0 Å². The van der Waals surface area contributed by atoms with Crippen molar-refractivity contribution >= 4 is 28.3 Å². The molecule has 0 bridgehead atoms. The first-order chi connectivity index (χ1) is 8.22. The van der Waals surface area contributed by atoms with E-state index in [1.807, 2.05) is 12.1 Å². The highest BCUT2D eigenvalue weighted by Gasteiger charge is 2.24. The molecule has 1 aliphatic rings. The Hall–Kier alpha value is -0.250. The third-order valence-corrected chi connectivity index (χ3v) is 4.20. The minimum Gasteiger partial charge on any atom is -0.496 e. The van der Waals surface area contributed by atoms with Crippen molar-refractivity contribution in [3.63, 3.8) is 0 Å². The Bertz CT molecular complexity index is 380. The molecular formula is C14H21BrClNO. The number of hydrogen-bond donors (Lipinski definition) is 1. The number of ether oxygens (including phenoxy) is 1. The van der Waals surface area contributed by atoms with Crippen molar-refractivity contribution in [2.75, 3.05) is 7.11 Å². The second-order valence-corrected chi connectivity index (χ2v) is 5.73. The molecule has 0 spiro atoms. The summed E-state index contributed by atoms with van der Waals surface area (Å²) >= 11 is 3.51. The van der Waals surface area contributed by atoms with Crippen molar-refractivity contribution < 1.29 is 4.74 Å². The first kappa shape index (κ1) is 15.8. The lowest BCUT2D eigenvalue weighted by Gasteiger charge is -2.28. The summed E-state index contributed by atoms with van der Waals surface area (Å²) in [6.07, 6.45) is 6.48. The van der Waals surface area contributed by atoms with Crippen molar-refractivity contribution in [1.29, 1.82) is 0 Å². The first-order valence-corrected chi connectivity index (χ1v) is 7.10. The summed E-state index contributed by atoms with van der Waals surface area (Å²) in [5.41, 5.74) is 7.55. The van der Waals surface area contributed by atoms with Crippen LogP contribution in [0.2, 0.25) is 0 Å². The van der Waals surface area contributed by atoms with Crippen LogP contribution in [0.5, 0.6) is 5.75 Å². The summed E-state index contributed by atoms with van der Waals surface area (Å²) in [5, 5.41) is 0. The minimum atomic E-state index is 0. The van der Waals surface area contributed by atoms with Gasteiger partial charge in [0.2, 0.25) is 0 Å². The highest BCUT2D eigenvalue weighted by molar-refractivity contribution is 9.10. The molecule has 0 unspecified atom stereocenters. The second-order valence-electron chi connectivity index (χ2n) is 4.81. The fraction of sp³-hybridized carbons (Fsp3) is 0.571. The second kappa shape index (κ2) is 7.37. The van der Waals surface area contributed by atoms with Gasteiger partial charge in [0.1, 0.15) is 5.75 Å². The zero-order valence-corrected chi connectivity index (χ0v) is 13.1. The van der Waals surface area contributed by atoms with E-state index in [1.165, 1.54) is 32.1 Å². The van der Waals surface area contributed by atoms with Gasteiger partial charge in [-0.3, -0.25) is 0 Å². The van der Waals surface area contributed by atoms with E-state index < -0.39 is 0 Å². The van der Waals surface area contributed by atoms with Gasteiger partial charge in [-0.1, -0.05) is 35.2 Å². The molecule has 0 saturated heterocycles. The fourth-order valence-electron chi connectivity index (χ4n) is 2.71. The van der Waals surface area contributed by atoms with Gasteiger partial charge in [0.25, 0.3) is 0 Å². The van der Waals surface area contributed by atoms with Crippen LogP contribution in [0.3, 0.4) is 0 Å². The molecule has 0 amide bonds. The largest absolute Gasteiger partial charge is 0.496 e. The maximum absolute atomic E-state index is 6.41. The van der Waals surface area contributed by atoms with E-state index >= 15 is 0 Å². The highest BCUT2D eigenvalue weighted by Crippen LogP contribution is 2.37. The predicted octanol–water partition coefficient (Wildman–Crippen LogP) is 4.46. The molecule has 0 radical (unpaired) electrons. The summed E-state index contributed by atoms with van der Waals surface area (Å²) in [5.74, 6) is 1.51. The molecule has 2 rings (SSSR count). The standard InChI is InChI=1S/C14H20BrNO.ClH/c1-17-13-8-7-11(15)9-12(13)14(16)10-5-3-2-4-6-10;/h7-10,14H,2-6,16H2,1H3;1H/t14-;/m1./s1. The van der Waals surface area contributed by atoms with E-state index in [-0.39, 0.29) is 18.4 Å². The first-order valence-electron chi connectivity index (χ1n) is 6.31. The van der Waals surface area contributed by atoms with Crippen LogP contribution < -0.4 is 10.5 Å². The number of halogens is 2. The molecule has 1 aromatic rings. The van der Waals surface area contributed by atoms with Crippen LogP contribution >= 0.6 is 28.3 Å². The van der Waals surface area contributed by atoms with Crippen LogP contribution in [0.4, 0.5) is 0 Å².